The lowest BCUT2D eigenvalue weighted by atomic mass is 10.2. The van der Waals surface area contributed by atoms with Gasteiger partial charge in [0.2, 0.25) is 0 Å². The number of nitrogen functional groups attached to an aromatic ring is 1. The third-order valence-electron chi connectivity index (χ3n) is 2.87. The first kappa shape index (κ1) is 12.9. The molecule has 2 N–H and O–H groups in total. The Morgan fingerprint density at radius 2 is 1.89 bits per heavy atom. The lowest BCUT2D eigenvalue weighted by Crippen LogP contribution is -2.17. The van der Waals surface area contributed by atoms with Gasteiger partial charge in [-0.1, -0.05) is 30.3 Å². The molecule has 98 valence electrons. The second-order valence-electron chi connectivity index (χ2n) is 4.35. The van der Waals surface area contributed by atoms with Crippen molar-refractivity contribution in [3.05, 3.63) is 64.2 Å². The zero-order valence-electron chi connectivity index (χ0n) is 10.6. The van der Waals surface area contributed by atoms with E-state index >= 15 is 0 Å². The van der Waals surface area contributed by atoms with Crippen LogP contribution in [0.25, 0.3) is 0 Å². The molecular weight excluding hydrogens is 242 g/mol. The minimum atomic E-state index is -0.410. The summed E-state index contributed by atoms with van der Waals surface area (Å²) in [7, 11) is 1.82. The first-order valence-electron chi connectivity index (χ1n) is 5.87. The lowest BCUT2D eigenvalue weighted by molar-refractivity contribution is -0.384. The van der Waals surface area contributed by atoms with Crippen molar-refractivity contribution in [2.45, 2.75) is 6.54 Å². The molecule has 2 aromatic rings. The van der Waals surface area contributed by atoms with E-state index in [1.807, 2.05) is 42.3 Å². The van der Waals surface area contributed by atoms with Gasteiger partial charge in [0.25, 0.3) is 5.69 Å². The molecular formula is C14H15N3O2. The Bertz CT molecular complexity index is 584. The molecule has 2 aromatic carbocycles. The second-order valence-corrected chi connectivity index (χ2v) is 4.35. The predicted octanol–water partition coefficient (Wildman–Crippen LogP) is 2.81. The molecule has 0 aliphatic rings. The molecule has 5 heteroatoms. The fourth-order valence-corrected chi connectivity index (χ4v) is 1.95. The van der Waals surface area contributed by atoms with Crippen LogP contribution in [0.4, 0.5) is 17.1 Å². The van der Waals surface area contributed by atoms with Crippen LogP contribution in [0, 0.1) is 10.1 Å². The highest BCUT2D eigenvalue weighted by atomic mass is 16.6. The number of nitro groups is 1. The van der Waals surface area contributed by atoms with Gasteiger partial charge in [0.1, 0.15) is 5.69 Å². The zero-order chi connectivity index (χ0) is 13.8. The SMILES string of the molecule is CN(Cc1ccccc1)c1ccc(N)cc1[N+](=O)[O-]. The smallest absolute Gasteiger partial charge is 0.294 e. The van der Waals surface area contributed by atoms with Crippen LogP contribution >= 0.6 is 0 Å². The van der Waals surface area contributed by atoms with Crippen LogP contribution in [0.3, 0.4) is 0 Å². The van der Waals surface area contributed by atoms with Crippen molar-refractivity contribution in [1.29, 1.82) is 0 Å². The van der Waals surface area contributed by atoms with Crippen LogP contribution in [0.5, 0.6) is 0 Å². The van der Waals surface area contributed by atoms with Crippen molar-refractivity contribution >= 4 is 17.1 Å². The molecule has 0 saturated carbocycles. The molecule has 0 amide bonds. The van der Waals surface area contributed by atoms with Gasteiger partial charge in [-0.25, -0.2) is 0 Å². The molecule has 0 radical (unpaired) electrons. The number of hydrogen-bond donors (Lipinski definition) is 1. The predicted molar refractivity (Wildman–Crippen MR) is 76.1 cm³/mol. The summed E-state index contributed by atoms with van der Waals surface area (Å²) in [6.45, 7) is 0.603. The van der Waals surface area contributed by atoms with Gasteiger partial charge in [-0.05, 0) is 17.7 Å². The van der Waals surface area contributed by atoms with Crippen molar-refractivity contribution in [3.63, 3.8) is 0 Å². The molecule has 0 aliphatic carbocycles. The molecule has 0 aromatic heterocycles. The maximum absolute atomic E-state index is 11.1. The van der Waals surface area contributed by atoms with Crippen LogP contribution in [0.15, 0.2) is 48.5 Å². The Balaban J connectivity index is 2.28. The fourth-order valence-electron chi connectivity index (χ4n) is 1.95. The molecule has 5 nitrogen and oxygen atoms in total. The number of anilines is 2. The summed E-state index contributed by atoms with van der Waals surface area (Å²) in [5, 5.41) is 11.1. The summed E-state index contributed by atoms with van der Waals surface area (Å²) >= 11 is 0. The molecule has 0 bridgehead atoms. The number of nitrogens with two attached hydrogens (primary N) is 1. The maximum Gasteiger partial charge on any atom is 0.294 e. The minimum absolute atomic E-state index is 0.0263. The van der Waals surface area contributed by atoms with Gasteiger partial charge >= 0.3 is 0 Å². The van der Waals surface area contributed by atoms with Gasteiger partial charge in [-0.15, -0.1) is 0 Å². The molecule has 0 saturated heterocycles. The van der Waals surface area contributed by atoms with Gasteiger partial charge in [0.15, 0.2) is 0 Å². The Labute approximate surface area is 111 Å². The number of hydrogen-bond acceptors (Lipinski definition) is 4. The van der Waals surface area contributed by atoms with E-state index in [0.717, 1.165) is 5.56 Å². The van der Waals surface area contributed by atoms with E-state index in [9.17, 15) is 10.1 Å². The third kappa shape index (κ3) is 3.01. The average molecular weight is 257 g/mol. The summed E-state index contributed by atoms with van der Waals surface area (Å²) < 4.78 is 0. The van der Waals surface area contributed by atoms with Crippen molar-refractivity contribution in [3.8, 4) is 0 Å². The molecule has 2 rings (SSSR count). The molecule has 0 spiro atoms. The van der Waals surface area contributed by atoms with E-state index in [1.165, 1.54) is 6.07 Å². The molecule has 0 heterocycles. The maximum atomic E-state index is 11.1. The van der Waals surface area contributed by atoms with Crippen molar-refractivity contribution in [1.82, 2.24) is 0 Å². The monoisotopic (exact) mass is 257 g/mol. The standard InChI is InChI=1S/C14H15N3O2/c1-16(10-11-5-3-2-4-6-11)13-8-7-12(15)9-14(13)17(18)19/h2-9H,10,15H2,1H3. The number of benzene rings is 2. The van der Waals surface area contributed by atoms with E-state index in [4.69, 9.17) is 5.73 Å². The molecule has 0 aliphatic heterocycles. The van der Waals surface area contributed by atoms with Gasteiger partial charge < -0.3 is 10.6 Å². The Kier molecular flexibility index (Phi) is 3.66. The largest absolute Gasteiger partial charge is 0.399 e. The minimum Gasteiger partial charge on any atom is -0.399 e. The van der Waals surface area contributed by atoms with Gasteiger partial charge in [-0.2, -0.15) is 0 Å². The zero-order valence-corrected chi connectivity index (χ0v) is 10.6. The normalized spacial score (nSPS) is 10.2. The third-order valence-corrected chi connectivity index (χ3v) is 2.87. The Hall–Kier alpha value is -2.56. The molecule has 0 fully saturated rings. The van der Waals surface area contributed by atoms with Crippen LogP contribution < -0.4 is 10.6 Å². The molecule has 19 heavy (non-hydrogen) atoms. The van der Waals surface area contributed by atoms with Crippen LogP contribution in [-0.4, -0.2) is 12.0 Å². The van der Waals surface area contributed by atoms with Gasteiger partial charge in [0, 0.05) is 25.3 Å². The van der Waals surface area contributed by atoms with Crippen LogP contribution in [0.1, 0.15) is 5.56 Å². The first-order chi connectivity index (χ1) is 9.08. The average Bonchev–Trinajstić information content (AvgIpc) is 2.39. The van der Waals surface area contributed by atoms with E-state index in [-0.39, 0.29) is 5.69 Å². The van der Waals surface area contributed by atoms with E-state index in [0.29, 0.717) is 17.9 Å². The molecule has 0 atom stereocenters. The van der Waals surface area contributed by atoms with Gasteiger partial charge in [-0.3, -0.25) is 10.1 Å². The van der Waals surface area contributed by atoms with Crippen molar-refractivity contribution in [2.75, 3.05) is 17.7 Å². The van der Waals surface area contributed by atoms with E-state index < -0.39 is 4.92 Å². The van der Waals surface area contributed by atoms with Crippen molar-refractivity contribution < 1.29 is 4.92 Å². The summed E-state index contributed by atoms with van der Waals surface area (Å²) in [5.74, 6) is 0. The van der Waals surface area contributed by atoms with Crippen LogP contribution in [-0.2, 0) is 6.54 Å². The highest BCUT2D eigenvalue weighted by molar-refractivity contribution is 5.67. The lowest BCUT2D eigenvalue weighted by Gasteiger charge is -2.19. The first-order valence-corrected chi connectivity index (χ1v) is 5.87. The second kappa shape index (κ2) is 5.39. The topological polar surface area (TPSA) is 72.4 Å². The van der Waals surface area contributed by atoms with Crippen molar-refractivity contribution in [2.24, 2.45) is 0 Å². The highest BCUT2D eigenvalue weighted by Gasteiger charge is 2.17. The fraction of sp³-hybridized carbons (Fsp3) is 0.143. The summed E-state index contributed by atoms with van der Waals surface area (Å²) in [5.41, 5.74) is 7.67. The summed E-state index contributed by atoms with van der Waals surface area (Å²) in [6.07, 6.45) is 0. The number of nitrogens with zero attached hydrogens (tertiary/aromatic N) is 2. The van der Waals surface area contributed by atoms with E-state index in [1.54, 1.807) is 12.1 Å². The summed E-state index contributed by atoms with van der Waals surface area (Å²) in [4.78, 5) is 12.5. The Morgan fingerprint density at radius 1 is 1.21 bits per heavy atom. The van der Waals surface area contributed by atoms with E-state index in [2.05, 4.69) is 0 Å². The number of nitro benzene ring substituents is 1. The van der Waals surface area contributed by atoms with Crippen LogP contribution in [0.2, 0.25) is 0 Å². The van der Waals surface area contributed by atoms with Gasteiger partial charge in [0.05, 0.1) is 4.92 Å². The number of rotatable bonds is 4. The highest BCUT2D eigenvalue weighted by Crippen LogP contribution is 2.30. The Morgan fingerprint density at radius 3 is 2.53 bits per heavy atom. The molecule has 0 unspecified atom stereocenters. The summed E-state index contributed by atoms with van der Waals surface area (Å²) in [6, 6.07) is 14.5. The quantitative estimate of drug-likeness (QED) is 0.519.